The lowest BCUT2D eigenvalue weighted by Gasteiger charge is -2.04. The Hall–Kier alpha value is -1.91. The van der Waals surface area contributed by atoms with Gasteiger partial charge in [0.25, 0.3) is 0 Å². The van der Waals surface area contributed by atoms with Gasteiger partial charge in [0, 0.05) is 12.6 Å². The summed E-state index contributed by atoms with van der Waals surface area (Å²) in [5.41, 5.74) is 2.46. The third-order valence-corrected chi connectivity index (χ3v) is 2.57. The van der Waals surface area contributed by atoms with E-state index >= 15 is 0 Å². The summed E-state index contributed by atoms with van der Waals surface area (Å²) in [7, 11) is 0. The molecule has 0 aromatic carbocycles. The highest BCUT2D eigenvalue weighted by atomic mass is 16.4. The van der Waals surface area contributed by atoms with Crippen molar-refractivity contribution in [3.8, 4) is 0 Å². The number of aromatic nitrogens is 3. The molecule has 2 rings (SSSR count). The monoisotopic (exact) mass is 233 g/mol. The van der Waals surface area contributed by atoms with Crippen LogP contribution in [0.25, 0.3) is 11.2 Å². The van der Waals surface area contributed by atoms with Crippen molar-refractivity contribution in [3.63, 3.8) is 0 Å². The van der Waals surface area contributed by atoms with E-state index in [2.05, 4.69) is 9.97 Å². The number of carboxylic acid groups (broad SMARTS) is 1. The summed E-state index contributed by atoms with van der Waals surface area (Å²) in [6.45, 7) is 3.91. The van der Waals surface area contributed by atoms with Crippen LogP contribution in [0.5, 0.6) is 0 Å². The van der Waals surface area contributed by atoms with Gasteiger partial charge in [-0.2, -0.15) is 0 Å². The van der Waals surface area contributed by atoms with Crippen molar-refractivity contribution in [3.05, 3.63) is 23.7 Å². The fourth-order valence-electron chi connectivity index (χ4n) is 1.87. The number of carboxylic acids is 1. The first-order chi connectivity index (χ1) is 8.11. The lowest BCUT2D eigenvalue weighted by molar-refractivity contribution is -0.137. The van der Waals surface area contributed by atoms with E-state index in [1.165, 1.54) is 0 Å². The Bertz CT molecular complexity index is 560. The van der Waals surface area contributed by atoms with Crippen molar-refractivity contribution in [2.45, 2.75) is 33.2 Å². The Morgan fingerprint density at radius 3 is 2.94 bits per heavy atom. The standard InChI is InChI=1S/C12H15N3O2/c1-3-4-10-14-9-5-8(2)6-13-12(9)15(10)7-11(16)17/h5-6H,3-4,7H2,1-2H3,(H,16,17). The average molecular weight is 233 g/mol. The van der Waals surface area contributed by atoms with Gasteiger partial charge in [-0.1, -0.05) is 6.92 Å². The Morgan fingerprint density at radius 2 is 2.29 bits per heavy atom. The molecule has 2 aromatic rings. The highest BCUT2D eigenvalue weighted by Crippen LogP contribution is 2.16. The van der Waals surface area contributed by atoms with Crippen LogP contribution in [-0.2, 0) is 17.8 Å². The van der Waals surface area contributed by atoms with E-state index in [1.807, 2.05) is 19.9 Å². The molecule has 0 amide bonds. The molecule has 0 saturated carbocycles. The zero-order valence-corrected chi connectivity index (χ0v) is 9.97. The summed E-state index contributed by atoms with van der Waals surface area (Å²) in [6, 6.07) is 1.93. The van der Waals surface area contributed by atoms with Crippen molar-refractivity contribution in [2.24, 2.45) is 0 Å². The van der Waals surface area contributed by atoms with Gasteiger partial charge in [0.05, 0.1) is 0 Å². The van der Waals surface area contributed by atoms with E-state index in [9.17, 15) is 4.79 Å². The van der Waals surface area contributed by atoms with Crippen LogP contribution in [0.1, 0.15) is 24.7 Å². The van der Waals surface area contributed by atoms with Crippen molar-refractivity contribution in [1.82, 2.24) is 14.5 Å². The van der Waals surface area contributed by atoms with E-state index < -0.39 is 5.97 Å². The minimum atomic E-state index is -0.871. The Balaban J connectivity index is 2.57. The number of aryl methyl sites for hydroxylation is 2. The lowest BCUT2D eigenvalue weighted by atomic mass is 10.3. The second kappa shape index (κ2) is 4.53. The molecular formula is C12H15N3O2. The maximum Gasteiger partial charge on any atom is 0.323 e. The third-order valence-electron chi connectivity index (χ3n) is 2.57. The molecule has 5 heteroatoms. The molecule has 2 aromatic heterocycles. The molecule has 0 aliphatic carbocycles. The summed E-state index contributed by atoms with van der Waals surface area (Å²) in [5.74, 6) is -0.0768. The number of hydrogen-bond acceptors (Lipinski definition) is 3. The van der Waals surface area contributed by atoms with Crippen LogP contribution in [0, 0.1) is 6.92 Å². The number of rotatable bonds is 4. The molecule has 0 saturated heterocycles. The highest BCUT2D eigenvalue weighted by molar-refractivity contribution is 5.75. The molecular weight excluding hydrogens is 218 g/mol. The second-order valence-corrected chi connectivity index (χ2v) is 4.11. The maximum atomic E-state index is 10.9. The molecule has 17 heavy (non-hydrogen) atoms. The van der Waals surface area contributed by atoms with Gasteiger partial charge in [-0.15, -0.1) is 0 Å². The van der Waals surface area contributed by atoms with Gasteiger partial charge in [-0.25, -0.2) is 9.97 Å². The Kier molecular flexibility index (Phi) is 3.08. The summed E-state index contributed by atoms with van der Waals surface area (Å²) >= 11 is 0. The van der Waals surface area contributed by atoms with Crippen molar-refractivity contribution in [1.29, 1.82) is 0 Å². The molecule has 0 atom stereocenters. The van der Waals surface area contributed by atoms with Gasteiger partial charge < -0.3 is 9.67 Å². The zero-order chi connectivity index (χ0) is 12.4. The van der Waals surface area contributed by atoms with Crippen LogP contribution < -0.4 is 0 Å². The average Bonchev–Trinajstić information content (AvgIpc) is 2.56. The van der Waals surface area contributed by atoms with Gasteiger partial charge >= 0.3 is 5.97 Å². The molecule has 0 unspecified atom stereocenters. The Morgan fingerprint density at radius 1 is 1.53 bits per heavy atom. The van der Waals surface area contributed by atoms with Crippen LogP contribution >= 0.6 is 0 Å². The van der Waals surface area contributed by atoms with E-state index in [1.54, 1.807) is 10.8 Å². The Labute approximate surface area is 99.1 Å². The smallest absolute Gasteiger partial charge is 0.323 e. The van der Waals surface area contributed by atoms with Gasteiger partial charge in [-0.05, 0) is 25.0 Å². The first-order valence-corrected chi connectivity index (χ1v) is 5.65. The lowest BCUT2D eigenvalue weighted by Crippen LogP contribution is -2.12. The molecule has 0 aliphatic rings. The quantitative estimate of drug-likeness (QED) is 0.874. The number of pyridine rings is 1. The van der Waals surface area contributed by atoms with Crippen molar-refractivity contribution in [2.75, 3.05) is 0 Å². The minimum absolute atomic E-state index is 0.0815. The van der Waals surface area contributed by atoms with E-state index in [0.29, 0.717) is 5.65 Å². The molecule has 0 radical (unpaired) electrons. The summed E-state index contributed by atoms with van der Waals surface area (Å²) < 4.78 is 1.68. The molecule has 5 nitrogen and oxygen atoms in total. The molecule has 0 bridgehead atoms. The van der Waals surface area contributed by atoms with Crippen LogP contribution in [0.15, 0.2) is 12.3 Å². The zero-order valence-electron chi connectivity index (χ0n) is 9.97. The predicted octanol–water partition coefficient (Wildman–Crippen LogP) is 1.78. The van der Waals surface area contributed by atoms with Crippen LogP contribution in [-0.4, -0.2) is 25.6 Å². The molecule has 0 spiro atoms. The predicted molar refractivity (Wildman–Crippen MR) is 63.9 cm³/mol. The number of aliphatic carboxylic acids is 1. The van der Waals surface area contributed by atoms with Crippen molar-refractivity contribution < 1.29 is 9.90 Å². The van der Waals surface area contributed by atoms with Gasteiger partial charge in [0.15, 0.2) is 5.65 Å². The van der Waals surface area contributed by atoms with Crippen LogP contribution in [0.2, 0.25) is 0 Å². The molecule has 90 valence electrons. The normalized spacial score (nSPS) is 10.9. The number of carbonyl (C=O) groups is 1. The van der Waals surface area contributed by atoms with E-state index in [-0.39, 0.29) is 6.54 Å². The minimum Gasteiger partial charge on any atom is -0.480 e. The number of nitrogens with zero attached hydrogens (tertiary/aromatic N) is 3. The SMILES string of the molecule is CCCc1nc2cc(C)cnc2n1CC(=O)O. The fraction of sp³-hybridized carbons (Fsp3) is 0.417. The first-order valence-electron chi connectivity index (χ1n) is 5.65. The van der Waals surface area contributed by atoms with E-state index in [4.69, 9.17) is 5.11 Å². The molecule has 0 fully saturated rings. The second-order valence-electron chi connectivity index (χ2n) is 4.11. The van der Waals surface area contributed by atoms with Crippen molar-refractivity contribution >= 4 is 17.1 Å². The fourth-order valence-corrected chi connectivity index (χ4v) is 1.87. The summed E-state index contributed by atoms with van der Waals surface area (Å²) in [6.07, 6.45) is 3.43. The van der Waals surface area contributed by atoms with Crippen LogP contribution in [0.4, 0.5) is 0 Å². The largest absolute Gasteiger partial charge is 0.480 e. The number of imidazole rings is 1. The third kappa shape index (κ3) is 2.27. The number of fused-ring (bicyclic) bond motifs is 1. The number of hydrogen-bond donors (Lipinski definition) is 1. The van der Waals surface area contributed by atoms with E-state index in [0.717, 1.165) is 29.7 Å². The van der Waals surface area contributed by atoms with Gasteiger partial charge in [-0.3, -0.25) is 4.79 Å². The summed E-state index contributed by atoms with van der Waals surface area (Å²) in [5, 5.41) is 8.92. The topological polar surface area (TPSA) is 68.0 Å². The first kappa shape index (κ1) is 11.6. The van der Waals surface area contributed by atoms with Crippen LogP contribution in [0.3, 0.4) is 0 Å². The molecule has 2 heterocycles. The molecule has 0 aliphatic heterocycles. The summed E-state index contributed by atoms with van der Waals surface area (Å²) in [4.78, 5) is 19.6. The highest BCUT2D eigenvalue weighted by Gasteiger charge is 2.13. The maximum absolute atomic E-state index is 10.9. The van der Waals surface area contributed by atoms with Gasteiger partial charge in [0.1, 0.15) is 17.9 Å². The van der Waals surface area contributed by atoms with Gasteiger partial charge in [0.2, 0.25) is 0 Å². The molecule has 1 N–H and O–H groups in total.